The van der Waals surface area contributed by atoms with Gasteiger partial charge in [-0.25, -0.2) is 0 Å². The lowest BCUT2D eigenvalue weighted by Crippen LogP contribution is -2.22. The minimum absolute atomic E-state index is 0.483. The van der Waals surface area contributed by atoms with E-state index in [1.165, 1.54) is 0 Å². The van der Waals surface area contributed by atoms with E-state index in [9.17, 15) is 13.2 Å². The molecule has 0 amide bonds. The Labute approximate surface area is 148 Å². The fourth-order valence-electron chi connectivity index (χ4n) is 2.45. The van der Waals surface area contributed by atoms with Gasteiger partial charge in [0.15, 0.2) is 0 Å². The van der Waals surface area contributed by atoms with Crippen LogP contribution in [0.2, 0.25) is 0 Å². The number of rotatable bonds is 3. The summed E-state index contributed by atoms with van der Waals surface area (Å²) in [6.07, 6.45) is -4.34. The number of benzene rings is 3. The Morgan fingerprint density at radius 2 is 1.21 bits per heavy atom. The van der Waals surface area contributed by atoms with Crippen molar-refractivity contribution in [1.29, 1.82) is 0 Å². The van der Waals surface area contributed by atoms with Gasteiger partial charge in [-0.3, -0.25) is 0 Å². The minimum atomic E-state index is -4.34. The Hall–Kier alpha value is -1.64. The van der Waals surface area contributed by atoms with E-state index >= 15 is 0 Å². The van der Waals surface area contributed by atoms with Crippen LogP contribution in [0.5, 0.6) is 0 Å². The molecule has 3 rings (SSSR count). The maximum atomic E-state index is 12.9. The molecule has 0 spiro atoms. The zero-order valence-corrected chi connectivity index (χ0v) is 14.9. The maximum absolute atomic E-state index is 12.9. The lowest BCUT2D eigenvalue weighted by molar-refractivity contribution is -0.137. The van der Waals surface area contributed by atoms with Crippen LogP contribution in [-0.2, 0) is 6.18 Å². The highest BCUT2D eigenvalue weighted by molar-refractivity contribution is 9.10. The van der Waals surface area contributed by atoms with E-state index < -0.39 is 19.7 Å². The topological polar surface area (TPSA) is 0 Å². The molecule has 0 aromatic heterocycles. The summed E-state index contributed by atoms with van der Waals surface area (Å²) < 4.78 is 39.3. The van der Waals surface area contributed by atoms with Gasteiger partial charge in [0.05, 0.1) is 5.56 Å². The van der Waals surface area contributed by atoms with Crippen molar-refractivity contribution in [3.8, 4) is 0 Å². The number of alkyl halides is 3. The molecule has 3 aromatic rings. The third kappa shape index (κ3) is 3.71. The predicted octanol–water partition coefficient (Wildman–Crippen LogP) is 5.23. The minimum Gasteiger partial charge on any atom is -0.166 e. The zero-order valence-electron chi connectivity index (χ0n) is 12.5. The Kier molecular flexibility index (Phi) is 5.07. The van der Waals surface area contributed by atoms with Crippen LogP contribution in [0.15, 0.2) is 83.3 Å². The fourth-order valence-corrected chi connectivity index (χ4v) is 5.65. The van der Waals surface area contributed by atoms with E-state index in [2.05, 4.69) is 15.9 Å². The third-order valence-electron chi connectivity index (χ3n) is 3.54. The molecule has 24 heavy (non-hydrogen) atoms. The van der Waals surface area contributed by atoms with Crippen molar-refractivity contribution in [2.24, 2.45) is 0 Å². The average Bonchev–Trinajstić information content (AvgIpc) is 2.58. The first-order chi connectivity index (χ1) is 11.5. The zero-order chi connectivity index (χ0) is 17.2. The summed E-state index contributed by atoms with van der Waals surface area (Å²) in [7, 11) is -0.929. The van der Waals surface area contributed by atoms with Crippen molar-refractivity contribution in [3.05, 3.63) is 88.9 Å². The Morgan fingerprint density at radius 3 is 1.62 bits per heavy atom. The van der Waals surface area contributed by atoms with Gasteiger partial charge in [-0.15, -0.1) is 0 Å². The molecule has 5 heteroatoms. The quantitative estimate of drug-likeness (QED) is 0.520. The molecule has 3 aromatic carbocycles. The molecule has 0 aliphatic rings. The second-order valence-corrected chi connectivity index (χ2v) is 8.21. The molecule has 0 bridgehead atoms. The SMILES string of the molecule is FC(F)(F)c1ccc(P(c2ccccc2)c2ccccc2)c(Br)c1. The van der Waals surface area contributed by atoms with Crippen molar-refractivity contribution >= 4 is 39.8 Å². The number of hydrogen-bond acceptors (Lipinski definition) is 0. The average molecular weight is 409 g/mol. The van der Waals surface area contributed by atoms with Crippen LogP contribution in [0.4, 0.5) is 13.2 Å². The third-order valence-corrected chi connectivity index (χ3v) is 7.01. The molecule has 0 unspecified atom stereocenters. The highest BCUT2D eigenvalue weighted by Gasteiger charge is 2.31. The van der Waals surface area contributed by atoms with Gasteiger partial charge in [-0.1, -0.05) is 82.7 Å². The normalized spacial score (nSPS) is 11.7. The summed E-state index contributed by atoms with van der Waals surface area (Å²) in [5.74, 6) is 0. The van der Waals surface area contributed by atoms with Gasteiger partial charge < -0.3 is 0 Å². The largest absolute Gasteiger partial charge is 0.416 e. The molecule has 122 valence electrons. The van der Waals surface area contributed by atoms with Crippen molar-refractivity contribution in [1.82, 2.24) is 0 Å². The van der Waals surface area contributed by atoms with Gasteiger partial charge in [0.2, 0.25) is 0 Å². The number of hydrogen-bond donors (Lipinski definition) is 0. The van der Waals surface area contributed by atoms with Gasteiger partial charge in [-0.2, -0.15) is 13.2 Å². The first kappa shape index (κ1) is 17.2. The lowest BCUT2D eigenvalue weighted by Gasteiger charge is -2.21. The summed E-state index contributed by atoms with van der Waals surface area (Å²) >= 11 is 3.35. The molecule has 0 saturated heterocycles. The first-order valence-electron chi connectivity index (χ1n) is 7.24. The highest BCUT2D eigenvalue weighted by Crippen LogP contribution is 2.38. The smallest absolute Gasteiger partial charge is 0.166 e. The summed E-state index contributed by atoms with van der Waals surface area (Å²) in [6, 6.07) is 23.6. The molecular formula is C19H13BrF3P. The van der Waals surface area contributed by atoms with E-state index in [0.29, 0.717) is 4.47 Å². The first-order valence-corrected chi connectivity index (χ1v) is 9.37. The predicted molar refractivity (Wildman–Crippen MR) is 97.9 cm³/mol. The second-order valence-electron chi connectivity index (χ2n) is 5.17. The lowest BCUT2D eigenvalue weighted by atomic mass is 10.2. The van der Waals surface area contributed by atoms with Crippen LogP contribution in [0, 0.1) is 0 Å². The van der Waals surface area contributed by atoms with Gasteiger partial charge in [0, 0.05) is 4.47 Å². The van der Waals surface area contributed by atoms with Gasteiger partial charge in [-0.05, 0) is 36.0 Å². The van der Waals surface area contributed by atoms with E-state index in [1.807, 2.05) is 60.7 Å². The maximum Gasteiger partial charge on any atom is 0.416 e. The van der Waals surface area contributed by atoms with Crippen molar-refractivity contribution in [2.75, 3.05) is 0 Å². The second kappa shape index (κ2) is 7.08. The van der Waals surface area contributed by atoms with Gasteiger partial charge >= 0.3 is 6.18 Å². The molecule has 0 radical (unpaired) electrons. The molecule has 0 saturated carbocycles. The van der Waals surface area contributed by atoms with E-state index in [4.69, 9.17) is 0 Å². The van der Waals surface area contributed by atoms with Crippen molar-refractivity contribution < 1.29 is 13.2 Å². The monoisotopic (exact) mass is 408 g/mol. The van der Waals surface area contributed by atoms with Crippen LogP contribution in [0.3, 0.4) is 0 Å². The Morgan fingerprint density at radius 1 is 0.708 bits per heavy atom. The highest BCUT2D eigenvalue weighted by atomic mass is 79.9. The van der Waals surface area contributed by atoms with Gasteiger partial charge in [0.25, 0.3) is 0 Å². The van der Waals surface area contributed by atoms with Crippen LogP contribution in [0.25, 0.3) is 0 Å². The van der Waals surface area contributed by atoms with Crippen molar-refractivity contribution in [3.63, 3.8) is 0 Å². The molecule has 0 heterocycles. The van der Waals surface area contributed by atoms with Crippen LogP contribution in [0.1, 0.15) is 5.56 Å². The van der Waals surface area contributed by atoms with E-state index in [-0.39, 0.29) is 0 Å². The summed E-state index contributed by atoms with van der Waals surface area (Å²) in [4.78, 5) is 0. The summed E-state index contributed by atoms with van der Waals surface area (Å²) in [6.45, 7) is 0. The molecule has 0 aliphatic carbocycles. The molecule has 0 aliphatic heterocycles. The van der Waals surface area contributed by atoms with Crippen molar-refractivity contribution in [2.45, 2.75) is 6.18 Å². The summed E-state index contributed by atoms with van der Waals surface area (Å²) in [5.41, 5.74) is -0.644. The van der Waals surface area contributed by atoms with Crippen LogP contribution >= 0.6 is 23.9 Å². The Bertz CT molecular complexity index is 778. The molecule has 0 atom stereocenters. The van der Waals surface area contributed by atoms with Gasteiger partial charge in [0.1, 0.15) is 0 Å². The molecule has 0 N–H and O–H groups in total. The summed E-state index contributed by atoms with van der Waals surface area (Å²) in [5, 5.41) is 3.06. The molecule has 0 nitrogen and oxygen atoms in total. The van der Waals surface area contributed by atoms with Crippen LogP contribution in [-0.4, -0.2) is 0 Å². The Balaban J connectivity index is 2.14. The van der Waals surface area contributed by atoms with Crippen LogP contribution < -0.4 is 15.9 Å². The van der Waals surface area contributed by atoms with E-state index in [0.717, 1.165) is 28.0 Å². The molecule has 0 fully saturated rings. The molecular weight excluding hydrogens is 396 g/mol. The fraction of sp³-hybridized carbons (Fsp3) is 0.0526. The standard InChI is InChI=1S/C19H13BrF3P/c20-17-13-14(19(21,22)23)11-12-18(17)24(15-7-3-1-4-8-15)16-9-5-2-6-10-16/h1-13H. The number of halogens is 4. The van der Waals surface area contributed by atoms with E-state index in [1.54, 1.807) is 6.07 Å².